The number of aliphatic hydroxyl groups excluding tert-OH is 3. The molecule has 1 aliphatic rings. The summed E-state index contributed by atoms with van der Waals surface area (Å²) in [6.07, 6.45) is 56.3. The van der Waals surface area contributed by atoms with Crippen LogP contribution in [0.15, 0.2) is 134 Å². The number of esters is 1. The van der Waals surface area contributed by atoms with Gasteiger partial charge in [-0.15, -0.1) is 0 Å². The van der Waals surface area contributed by atoms with Crippen LogP contribution in [0.3, 0.4) is 0 Å². The van der Waals surface area contributed by atoms with Crippen LogP contribution in [-0.2, 0) is 38.3 Å². The van der Waals surface area contributed by atoms with Crippen LogP contribution in [0.4, 0.5) is 0 Å². The highest BCUT2D eigenvalue weighted by Crippen LogP contribution is 2.26. The number of unbranched alkanes of at least 4 members (excludes halogenated alkanes) is 6. The van der Waals surface area contributed by atoms with Crippen molar-refractivity contribution < 1.29 is 56.2 Å². The molecule has 0 radical (unpaired) electrons. The molecule has 12 nitrogen and oxygen atoms in total. The second-order valence-corrected chi connectivity index (χ2v) is 17.3. The van der Waals surface area contributed by atoms with Gasteiger partial charge >= 0.3 is 16.4 Å². The molecule has 0 aliphatic carbocycles. The second-order valence-electron chi connectivity index (χ2n) is 16.3. The summed E-state index contributed by atoms with van der Waals surface area (Å²) in [5, 5.41) is 30.7. The second kappa shape index (κ2) is 44.4. The Morgan fingerprint density at radius 1 is 0.559 bits per heavy atom. The fourth-order valence-electron chi connectivity index (χ4n) is 6.58. The fraction of sp³-hybridized carbons (Fsp3) is 0.582. The van der Waals surface area contributed by atoms with E-state index in [-0.39, 0.29) is 19.6 Å². The zero-order valence-electron chi connectivity index (χ0n) is 41.1. The van der Waals surface area contributed by atoms with Crippen molar-refractivity contribution in [1.29, 1.82) is 0 Å². The average Bonchev–Trinajstić information content (AvgIpc) is 3.31. The topological polar surface area (TPSA) is 178 Å². The fourth-order valence-corrected chi connectivity index (χ4v) is 7.09. The van der Waals surface area contributed by atoms with Gasteiger partial charge in [0.2, 0.25) is 0 Å². The van der Waals surface area contributed by atoms with Crippen molar-refractivity contribution >= 4 is 16.4 Å². The minimum atomic E-state index is -5.08. The molecule has 0 aromatic heterocycles. The summed E-state index contributed by atoms with van der Waals surface area (Å²) in [5.74, 6) is -0.449. The van der Waals surface area contributed by atoms with Gasteiger partial charge in [-0.25, -0.2) is 4.18 Å². The zero-order valence-corrected chi connectivity index (χ0v) is 41.9. The highest BCUT2D eigenvalue weighted by Gasteiger charge is 2.48. The van der Waals surface area contributed by atoms with Gasteiger partial charge in [0, 0.05) is 13.0 Å². The Morgan fingerprint density at radius 3 is 1.38 bits per heavy atom. The molecule has 0 saturated carbocycles. The lowest BCUT2D eigenvalue weighted by Crippen LogP contribution is -2.60. The monoisotopic (exact) mass is 971 g/mol. The first-order valence-electron chi connectivity index (χ1n) is 24.9. The van der Waals surface area contributed by atoms with Crippen LogP contribution in [0.25, 0.3) is 0 Å². The van der Waals surface area contributed by atoms with E-state index in [1.54, 1.807) is 0 Å². The molecule has 1 rings (SSSR count). The number of allylic oxidation sites excluding steroid dienone is 22. The number of hydrogen-bond acceptors (Lipinski definition) is 11. The van der Waals surface area contributed by atoms with E-state index in [0.717, 1.165) is 116 Å². The molecular weight excluding hydrogens is 885 g/mol. The van der Waals surface area contributed by atoms with Gasteiger partial charge in [-0.1, -0.05) is 160 Å². The van der Waals surface area contributed by atoms with Crippen LogP contribution in [0.1, 0.15) is 142 Å². The third-order valence-electron chi connectivity index (χ3n) is 10.3. The molecule has 0 spiro atoms. The first-order chi connectivity index (χ1) is 33.1. The van der Waals surface area contributed by atoms with Gasteiger partial charge in [-0.05, 0) is 109 Å². The van der Waals surface area contributed by atoms with Crippen molar-refractivity contribution in [3.8, 4) is 0 Å². The lowest BCUT2D eigenvalue weighted by atomic mass is 9.99. The maximum Gasteiger partial charge on any atom is 0.397 e. The van der Waals surface area contributed by atoms with Gasteiger partial charge in [0.05, 0.1) is 19.8 Å². The van der Waals surface area contributed by atoms with E-state index in [1.807, 2.05) is 0 Å². The van der Waals surface area contributed by atoms with E-state index in [2.05, 4.69) is 152 Å². The van der Waals surface area contributed by atoms with Crippen molar-refractivity contribution in [2.24, 2.45) is 0 Å². The first-order valence-corrected chi connectivity index (χ1v) is 26.3. The van der Waals surface area contributed by atoms with Gasteiger partial charge in [-0.2, -0.15) is 8.42 Å². The molecule has 6 unspecified atom stereocenters. The summed E-state index contributed by atoms with van der Waals surface area (Å²) >= 11 is 0. The van der Waals surface area contributed by atoms with Crippen LogP contribution in [0.2, 0.25) is 0 Å². The van der Waals surface area contributed by atoms with Crippen molar-refractivity contribution in [2.45, 2.75) is 179 Å². The molecule has 1 saturated heterocycles. The minimum Gasteiger partial charge on any atom is -0.457 e. The lowest BCUT2D eigenvalue weighted by molar-refractivity contribution is -0.301. The number of hydrogen-bond donors (Lipinski definition) is 4. The Bertz CT molecular complexity index is 1690. The highest BCUT2D eigenvalue weighted by molar-refractivity contribution is 7.80. The van der Waals surface area contributed by atoms with Gasteiger partial charge in [0.1, 0.15) is 30.5 Å². The molecule has 6 atom stereocenters. The summed E-state index contributed by atoms with van der Waals surface area (Å²) in [6, 6.07) is 0. The van der Waals surface area contributed by atoms with Crippen molar-refractivity contribution in [1.82, 2.24) is 0 Å². The molecule has 384 valence electrons. The predicted molar refractivity (Wildman–Crippen MR) is 275 cm³/mol. The predicted octanol–water partition coefficient (Wildman–Crippen LogP) is 11.5. The third-order valence-corrected chi connectivity index (χ3v) is 10.7. The van der Waals surface area contributed by atoms with Crippen LogP contribution in [-0.4, -0.2) is 97.5 Å². The van der Waals surface area contributed by atoms with Crippen LogP contribution in [0.5, 0.6) is 0 Å². The molecule has 13 heteroatoms. The first kappa shape index (κ1) is 62.3. The minimum absolute atomic E-state index is 0.00994. The van der Waals surface area contributed by atoms with Gasteiger partial charge < -0.3 is 34.3 Å². The maximum atomic E-state index is 12.9. The summed E-state index contributed by atoms with van der Waals surface area (Å²) in [5.41, 5.74) is 0. The van der Waals surface area contributed by atoms with Crippen molar-refractivity contribution in [3.63, 3.8) is 0 Å². The van der Waals surface area contributed by atoms with E-state index >= 15 is 0 Å². The molecule has 1 aliphatic heterocycles. The molecule has 68 heavy (non-hydrogen) atoms. The SMILES string of the molecule is CC/C=C\C/C=C\C/C=C\C/C=C\C/C=C\C/C=C\C/C=C\CCCCCC(=O)OC(COCCCCC/C=C\C/C=C\C/C=C\C/C=C\CC)COC1OC(CO)C(O)C(OS(=O)(=O)O)C1O. The summed E-state index contributed by atoms with van der Waals surface area (Å²) in [4.78, 5) is 12.9. The Balaban J connectivity index is 2.44. The summed E-state index contributed by atoms with van der Waals surface area (Å²) in [7, 11) is -5.08. The molecule has 0 bridgehead atoms. The average molecular weight is 971 g/mol. The lowest BCUT2D eigenvalue weighted by Gasteiger charge is -2.41. The number of rotatable bonds is 41. The van der Waals surface area contributed by atoms with Crippen LogP contribution >= 0.6 is 0 Å². The molecule has 0 aromatic carbocycles. The molecule has 4 N–H and O–H groups in total. The Morgan fingerprint density at radius 2 is 0.971 bits per heavy atom. The van der Waals surface area contributed by atoms with Crippen LogP contribution < -0.4 is 0 Å². The standard InChI is InChI=1S/C55H86O12S/c1-3-5-7-9-11-13-15-17-19-21-22-23-24-25-26-27-28-29-30-32-34-36-38-40-42-44-51(57)65-49(48-64-55-53(59)54(67-68(60,61)62)52(58)50(46-56)66-55)47-63-45-43-41-39-37-35-33-31-20-18-16-14-12-10-8-6-4-2/h5-8,11-14,17-20,22-23,25-26,28-29,32-35,49-50,52-56,58-59H,3-4,9-10,15-16,21,24,27,30-31,36-48H2,1-2H3,(H,60,61,62)/b7-5-,8-6-,13-11-,14-12-,19-17-,20-18-,23-22-,26-25-,29-28-,34-32-,35-33-. The molecule has 0 amide bonds. The van der Waals surface area contributed by atoms with Gasteiger partial charge in [-0.3, -0.25) is 9.35 Å². The smallest absolute Gasteiger partial charge is 0.397 e. The molecular formula is C55H86O12S. The van der Waals surface area contributed by atoms with Crippen molar-refractivity contribution in [3.05, 3.63) is 134 Å². The van der Waals surface area contributed by atoms with E-state index in [1.165, 1.54) is 0 Å². The van der Waals surface area contributed by atoms with E-state index in [0.29, 0.717) is 13.0 Å². The zero-order chi connectivity index (χ0) is 49.6. The summed E-state index contributed by atoms with van der Waals surface area (Å²) < 4.78 is 59.1. The van der Waals surface area contributed by atoms with Crippen LogP contribution in [0, 0.1) is 0 Å². The molecule has 1 fully saturated rings. The Kier molecular flexibility index (Phi) is 40.7. The van der Waals surface area contributed by atoms with E-state index in [4.69, 9.17) is 18.9 Å². The number of ether oxygens (including phenoxy) is 4. The quantitative estimate of drug-likeness (QED) is 0.0198. The number of carbonyl (C=O) groups is 1. The van der Waals surface area contributed by atoms with E-state index in [9.17, 15) is 33.1 Å². The third kappa shape index (κ3) is 37.2. The number of aliphatic hydroxyl groups is 3. The largest absolute Gasteiger partial charge is 0.457 e. The Labute approximate surface area is 410 Å². The summed E-state index contributed by atoms with van der Waals surface area (Å²) in [6.45, 7) is 3.61. The van der Waals surface area contributed by atoms with E-state index < -0.39 is 59.8 Å². The maximum absolute atomic E-state index is 12.9. The van der Waals surface area contributed by atoms with Gasteiger partial charge in [0.15, 0.2) is 6.29 Å². The molecule has 1 heterocycles. The molecule has 0 aromatic rings. The Hall–Kier alpha value is -3.76. The van der Waals surface area contributed by atoms with Gasteiger partial charge in [0.25, 0.3) is 0 Å². The van der Waals surface area contributed by atoms with Crippen molar-refractivity contribution in [2.75, 3.05) is 26.4 Å². The number of carbonyl (C=O) groups excluding carboxylic acids is 1. The normalized spacial score (nSPS) is 20.5. The highest BCUT2D eigenvalue weighted by atomic mass is 32.3.